The van der Waals surface area contributed by atoms with E-state index >= 15 is 0 Å². The van der Waals surface area contributed by atoms with Gasteiger partial charge in [0.25, 0.3) is 0 Å². The van der Waals surface area contributed by atoms with E-state index in [-0.39, 0.29) is 17.8 Å². The molecule has 1 rings (SSSR count). The third-order valence-electron chi connectivity index (χ3n) is 4.33. The number of carbonyl (C=O) groups excluding carboxylic acids is 1. The number of aliphatic hydroxyl groups excluding tert-OH is 2. The van der Waals surface area contributed by atoms with Crippen LogP contribution in [0.2, 0.25) is 0 Å². The minimum absolute atomic E-state index is 0.141. The first-order valence-electron chi connectivity index (χ1n) is 7.00. The van der Waals surface area contributed by atoms with E-state index in [1.807, 2.05) is 32.9 Å². The van der Waals surface area contributed by atoms with Gasteiger partial charge in [0.1, 0.15) is 0 Å². The maximum absolute atomic E-state index is 11.2. The summed E-state index contributed by atoms with van der Waals surface area (Å²) in [7, 11) is 1.35. The molecule has 0 saturated heterocycles. The smallest absolute Gasteiger partial charge is 0.330 e. The number of esters is 1. The number of ether oxygens (including phenoxy) is 1. The first-order chi connectivity index (χ1) is 9.20. The minimum atomic E-state index is -0.738. The number of allylic oxidation sites excluding steroid dienone is 3. The van der Waals surface area contributed by atoms with Gasteiger partial charge in [0.05, 0.1) is 19.3 Å². The van der Waals surface area contributed by atoms with Crippen molar-refractivity contribution in [3.8, 4) is 0 Å². The molecular formula is C16H26O4. The highest BCUT2D eigenvalue weighted by Crippen LogP contribution is 2.45. The van der Waals surface area contributed by atoms with Crippen molar-refractivity contribution in [1.29, 1.82) is 0 Å². The lowest BCUT2D eigenvalue weighted by atomic mass is 9.61. The Hall–Kier alpha value is -1.13. The molecule has 1 aliphatic carbocycles. The summed E-state index contributed by atoms with van der Waals surface area (Å²) in [6, 6.07) is 0. The van der Waals surface area contributed by atoms with Crippen LogP contribution in [0.1, 0.15) is 34.1 Å². The van der Waals surface area contributed by atoms with E-state index in [4.69, 9.17) is 0 Å². The van der Waals surface area contributed by atoms with Crippen LogP contribution in [0.15, 0.2) is 23.8 Å². The molecule has 0 aromatic rings. The first-order valence-corrected chi connectivity index (χ1v) is 7.00. The molecule has 0 radical (unpaired) electrons. The zero-order valence-electron chi connectivity index (χ0n) is 13.0. The Balaban J connectivity index is 2.89. The molecule has 0 amide bonds. The van der Waals surface area contributed by atoms with Gasteiger partial charge in [-0.25, -0.2) is 4.79 Å². The van der Waals surface area contributed by atoms with Crippen molar-refractivity contribution in [2.24, 2.45) is 17.3 Å². The molecule has 0 aromatic heterocycles. The number of hydrogen-bond donors (Lipinski definition) is 2. The average Bonchev–Trinajstić information content (AvgIpc) is 2.35. The molecule has 1 fully saturated rings. The van der Waals surface area contributed by atoms with Crippen LogP contribution in [0, 0.1) is 17.3 Å². The van der Waals surface area contributed by atoms with E-state index in [1.54, 1.807) is 0 Å². The lowest BCUT2D eigenvalue weighted by Gasteiger charge is -2.47. The Bertz CT molecular complexity index is 409. The van der Waals surface area contributed by atoms with Gasteiger partial charge < -0.3 is 14.9 Å². The number of hydrogen-bond acceptors (Lipinski definition) is 4. The molecular weight excluding hydrogens is 256 g/mol. The Morgan fingerprint density at radius 3 is 2.50 bits per heavy atom. The second kappa shape index (κ2) is 6.55. The van der Waals surface area contributed by atoms with Gasteiger partial charge in [-0.1, -0.05) is 32.9 Å². The van der Waals surface area contributed by atoms with Gasteiger partial charge in [0.2, 0.25) is 0 Å². The fourth-order valence-electron chi connectivity index (χ4n) is 3.07. The van der Waals surface area contributed by atoms with Crippen LogP contribution in [0.25, 0.3) is 0 Å². The van der Waals surface area contributed by atoms with Gasteiger partial charge in [-0.3, -0.25) is 0 Å². The van der Waals surface area contributed by atoms with Crippen molar-refractivity contribution in [2.75, 3.05) is 7.11 Å². The molecule has 0 aromatic carbocycles. The number of aliphatic hydroxyl groups is 2. The maximum atomic E-state index is 11.2. The third-order valence-corrected chi connectivity index (χ3v) is 4.33. The Morgan fingerprint density at radius 1 is 1.35 bits per heavy atom. The Labute approximate surface area is 121 Å². The van der Waals surface area contributed by atoms with Gasteiger partial charge in [-0.15, -0.1) is 0 Å². The monoisotopic (exact) mass is 282 g/mol. The largest absolute Gasteiger partial charge is 0.466 e. The van der Waals surface area contributed by atoms with Crippen LogP contribution >= 0.6 is 0 Å². The molecule has 1 saturated carbocycles. The van der Waals surface area contributed by atoms with Crippen LogP contribution in [0.3, 0.4) is 0 Å². The number of methoxy groups -OCH3 is 1. The molecule has 2 N–H and O–H groups in total. The quantitative estimate of drug-likeness (QED) is 0.472. The fourth-order valence-corrected chi connectivity index (χ4v) is 3.07. The van der Waals surface area contributed by atoms with Crippen molar-refractivity contribution in [2.45, 2.75) is 46.3 Å². The molecule has 0 spiro atoms. The fraction of sp³-hybridized carbons (Fsp3) is 0.688. The van der Waals surface area contributed by atoms with Crippen LogP contribution in [0.4, 0.5) is 0 Å². The molecule has 0 bridgehead atoms. The molecule has 4 nitrogen and oxygen atoms in total. The standard InChI is InChI=1S/C16H26O4/c1-10(8-14(18)20-5)6-7-12-11(2)9-13(17)15(19)16(12,3)4/h6-8,11-13,15,17,19H,9H2,1-5H3/b7-6+,10-8+/t11-,12?,13-,15-/m1/s1. The highest BCUT2D eigenvalue weighted by atomic mass is 16.5. The lowest BCUT2D eigenvalue weighted by Crippen LogP contribution is -2.51. The molecule has 20 heavy (non-hydrogen) atoms. The molecule has 4 atom stereocenters. The van der Waals surface area contributed by atoms with Gasteiger partial charge in [-0.2, -0.15) is 0 Å². The van der Waals surface area contributed by atoms with E-state index in [9.17, 15) is 15.0 Å². The Morgan fingerprint density at radius 2 is 1.95 bits per heavy atom. The van der Waals surface area contributed by atoms with E-state index in [0.717, 1.165) is 5.57 Å². The van der Waals surface area contributed by atoms with Crippen molar-refractivity contribution in [3.05, 3.63) is 23.8 Å². The summed E-state index contributed by atoms with van der Waals surface area (Å²) in [5.41, 5.74) is 0.402. The zero-order chi connectivity index (χ0) is 15.5. The number of carbonyl (C=O) groups is 1. The molecule has 114 valence electrons. The molecule has 1 aliphatic rings. The Kier molecular flexibility index (Phi) is 5.54. The van der Waals surface area contributed by atoms with Gasteiger partial charge in [-0.05, 0) is 36.2 Å². The molecule has 0 heterocycles. The van der Waals surface area contributed by atoms with Crippen molar-refractivity contribution in [1.82, 2.24) is 0 Å². The molecule has 1 unspecified atom stereocenters. The third kappa shape index (κ3) is 3.70. The SMILES string of the molecule is COC(=O)/C=C(C)/C=C/C1[C@H](C)C[C@@H](O)[C@@H](O)C1(C)C. The van der Waals surface area contributed by atoms with Gasteiger partial charge in [0.15, 0.2) is 0 Å². The lowest BCUT2D eigenvalue weighted by molar-refractivity contribution is -0.134. The normalized spacial score (nSPS) is 34.2. The summed E-state index contributed by atoms with van der Waals surface area (Å²) < 4.78 is 4.58. The van der Waals surface area contributed by atoms with Crippen LogP contribution in [-0.2, 0) is 9.53 Å². The summed E-state index contributed by atoms with van der Waals surface area (Å²) in [5.74, 6) is 0.0334. The second-order valence-electron chi connectivity index (χ2n) is 6.34. The van der Waals surface area contributed by atoms with Crippen LogP contribution < -0.4 is 0 Å². The zero-order valence-corrected chi connectivity index (χ0v) is 13.0. The molecule has 0 aliphatic heterocycles. The highest BCUT2D eigenvalue weighted by Gasteiger charge is 2.46. The van der Waals surface area contributed by atoms with E-state index in [2.05, 4.69) is 11.7 Å². The van der Waals surface area contributed by atoms with Crippen LogP contribution in [0.5, 0.6) is 0 Å². The average molecular weight is 282 g/mol. The van der Waals surface area contributed by atoms with Gasteiger partial charge >= 0.3 is 5.97 Å². The van der Waals surface area contributed by atoms with E-state index < -0.39 is 17.6 Å². The second-order valence-corrected chi connectivity index (χ2v) is 6.34. The first kappa shape index (κ1) is 16.9. The van der Waals surface area contributed by atoms with E-state index in [0.29, 0.717) is 6.42 Å². The van der Waals surface area contributed by atoms with E-state index in [1.165, 1.54) is 13.2 Å². The topological polar surface area (TPSA) is 66.8 Å². The number of rotatable bonds is 3. The summed E-state index contributed by atoms with van der Waals surface area (Å²) in [6.45, 7) is 7.83. The maximum Gasteiger partial charge on any atom is 0.330 e. The van der Waals surface area contributed by atoms with Crippen LogP contribution in [-0.4, -0.2) is 35.5 Å². The summed E-state index contributed by atoms with van der Waals surface area (Å²) in [6.07, 6.45) is 4.51. The van der Waals surface area contributed by atoms with Gasteiger partial charge in [0, 0.05) is 6.08 Å². The van der Waals surface area contributed by atoms with Crippen molar-refractivity contribution in [3.63, 3.8) is 0 Å². The van der Waals surface area contributed by atoms with Crippen molar-refractivity contribution < 1.29 is 19.7 Å². The molecule has 4 heteroatoms. The predicted octanol–water partition coefficient (Wildman–Crippen LogP) is 2.07. The summed E-state index contributed by atoms with van der Waals surface area (Å²) in [5, 5.41) is 20.1. The van der Waals surface area contributed by atoms with Crippen molar-refractivity contribution >= 4 is 5.97 Å². The highest BCUT2D eigenvalue weighted by molar-refractivity contribution is 5.83. The summed E-state index contributed by atoms with van der Waals surface area (Å²) in [4.78, 5) is 11.2. The summed E-state index contributed by atoms with van der Waals surface area (Å²) >= 11 is 0. The predicted molar refractivity (Wildman–Crippen MR) is 78.0 cm³/mol. The minimum Gasteiger partial charge on any atom is -0.466 e.